The highest BCUT2D eigenvalue weighted by Gasteiger charge is 2.19. The van der Waals surface area contributed by atoms with Crippen LogP contribution in [0.4, 0.5) is 0 Å². The van der Waals surface area contributed by atoms with Crippen LogP contribution < -0.4 is 11.1 Å². The number of hydrogen-bond acceptors (Lipinski definition) is 2. The van der Waals surface area contributed by atoms with Crippen LogP contribution in [0.5, 0.6) is 0 Å². The Hall–Kier alpha value is -1.55. The number of aliphatic imine (C=N–C) groups is 1. The van der Waals surface area contributed by atoms with E-state index in [4.69, 9.17) is 10.5 Å². The predicted molar refractivity (Wildman–Crippen MR) is 89.8 cm³/mol. The monoisotopic (exact) mass is 291 g/mol. The lowest BCUT2D eigenvalue weighted by Gasteiger charge is -2.23. The van der Waals surface area contributed by atoms with Crippen LogP contribution in [0.25, 0.3) is 0 Å². The summed E-state index contributed by atoms with van der Waals surface area (Å²) in [5.74, 6) is 0.506. The van der Waals surface area contributed by atoms with Gasteiger partial charge in [0.25, 0.3) is 0 Å². The van der Waals surface area contributed by atoms with Gasteiger partial charge in [0.15, 0.2) is 5.96 Å². The maximum atomic E-state index is 5.90. The Balaban J connectivity index is 2.43. The van der Waals surface area contributed by atoms with E-state index in [1.54, 1.807) is 0 Å². The van der Waals surface area contributed by atoms with Crippen molar-refractivity contribution in [2.75, 3.05) is 26.3 Å². The number of nitrogens with one attached hydrogen (secondary N) is 1. The molecule has 21 heavy (non-hydrogen) atoms. The molecular formula is C17H29N3O. The first-order chi connectivity index (χ1) is 9.95. The van der Waals surface area contributed by atoms with Crippen molar-refractivity contribution in [3.63, 3.8) is 0 Å². The van der Waals surface area contributed by atoms with Crippen LogP contribution in [0, 0.1) is 6.92 Å². The van der Waals surface area contributed by atoms with Crippen molar-refractivity contribution >= 4 is 5.96 Å². The Morgan fingerprint density at radius 1 is 1.29 bits per heavy atom. The molecule has 0 atom stereocenters. The number of benzene rings is 1. The average Bonchev–Trinajstić information content (AvgIpc) is 2.45. The molecule has 1 aromatic carbocycles. The fourth-order valence-electron chi connectivity index (χ4n) is 1.97. The summed E-state index contributed by atoms with van der Waals surface area (Å²) in [6, 6.07) is 8.60. The molecule has 0 bridgehead atoms. The zero-order valence-electron chi connectivity index (χ0n) is 13.8. The minimum atomic E-state index is -0.0225. The highest BCUT2D eigenvalue weighted by molar-refractivity contribution is 5.77. The van der Waals surface area contributed by atoms with Crippen molar-refractivity contribution in [3.8, 4) is 0 Å². The summed E-state index contributed by atoms with van der Waals surface area (Å²) >= 11 is 0. The quantitative estimate of drug-likeness (QED) is 0.440. The van der Waals surface area contributed by atoms with Crippen LogP contribution in [0.2, 0.25) is 0 Å². The van der Waals surface area contributed by atoms with E-state index >= 15 is 0 Å². The van der Waals surface area contributed by atoms with E-state index in [9.17, 15) is 0 Å². The van der Waals surface area contributed by atoms with E-state index in [0.717, 1.165) is 26.2 Å². The first-order valence-corrected chi connectivity index (χ1v) is 7.64. The molecule has 1 rings (SSSR count). The normalized spacial score (nSPS) is 12.5. The van der Waals surface area contributed by atoms with Crippen LogP contribution in [0.1, 0.15) is 38.3 Å². The molecule has 0 saturated heterocycles. The van der Waals surface area contributed by atoms with Crippen molar-refractivity contribution in [3.05, 3.63) is 35.4 Å². The predicted octanol–water partition coefficient (Wildman–Crippen LogP) is 2.60. The molecule has 0 fully saturated rings. The van der Waals surface area contributed by atoms with Crippen molar-refractivity contribution in [1.29, 1.82) is 0 Å². The molecule has 0 aliphatic rings. The smallest absolute Gasteiger partial charge is 0.188 e. The Bertz CT molecular complexity index is 438. The highest BCUT2D eigenvalue weighted by atomic mass is 16.5. The van der Waals surface area contributed by atoms with Crippen molar-refractivity contribution in [2.24, 2.45) is 10.7 Å². The summed E-state index contributed by atoms with van der Waals surface area (Å²) in [5, 5.41) is 3.12. The van der Waals surface area contributed by atoms with Gasteiger partial charge in [-0.05, 0) is 25.8 Å². The van der Waals surface area contributed by atoms with Crippen molar-refractivity contribution in [2.45, 2.75) is 39.5 Å². The Morgan fingerprint density at radius 3 is 2.57 bits per heavy atom. The van der Waals surface area contributed by atoms with Crippen LogP contribution >= 0.6 is 0 Å². The minimum absolute atomic E-state index is 0.0225. The maximum Gasteiger partial charge on any atom is 0.188 e. The van der Waals surface area contributed by atoms with Gasteiger partial charge >= 0.3 is 0 Å². The average molecular weight is 291 g/mol. The van der Waals surface area contributed by atoms with E-state index < -0.39 is 0 Å². The Morgan fingerprint density at radius 2 is 1.95 bits per heavy atom. The van der Waals surface area contributed by atoms with Gasteiger partial charge in [0, 0.05) is 25.2 Å². The Kier molecular flexibility index (Phi) is 7.23. The van der Waals surface area contributed by atoms with Crippen molar-refractivity contribution in [1.82, 2.24) is 5.32 Å². The van der Waals surface area contributed by atoms with Crippen LogP contribution in [-0.2, 0) is 10.2 Å². The number of guanidine groups is 1. The molecule has 1 aromatic rings. The lowest BCUT2D eigenvalue weighted by molar-refractivity contribution is 0.145. The van der Waals surface area contributed by atoms with Crippen LogP contribution in [0.3, 0.4) is 0 Å². The number of rotatable bonds is 8. The van der Waals surface area contributed by atoms with Gasteiger partial charge in [-0.1, -0.05) is 43.7 Å². The number of hydrogen-bond donors (Lipinski definition) is 2. The SMILES string of the molecule is CCOCCCNC(N)=NCC(C)(C)c1ccc(C)cc1. The lowest BCUT2D eigenvalue weighted by Crippen LogP contribution is -2.34. The third-order valence-corrected chi connectivity index (χ3v) is 3.45. The molecule has 0 saturated carbocycles. The van der Waals surface area contributed by atoms with E-state index in [1.807, 2.05) is 6.92 Å². The van der Waals surface area contributed by atoms with Gasteiger partial charge in [0.2, 0.25) is 0 Å². The van der Waals surface area contributed by atoms with Gasteiger partial charge in [-0.25, -0.2) is 0 Å². The molecule has 0 aliphatic carbocycles. The molecule has 3 N–H and O–H groups in total. The summed E-state index contributed by atoms with van der Waals surface area (Å²) < 4.78 is 5.28. The molecule has 0 spiro atoms. The minimum Gasteiger partial charge on any atom is -0.382 e. The first kappa shape index (κ1) is 17.5. The topological polar surface area (TPSA) is 59.6 Å². The number of nitrogens with two attached hydrogens (primary N) is 1. The fraction of sp³-hybridized carbons (Fsp3) is 0.588. The summed E-state index contributed by atoms with van der Waals surface area (Å²) in [4.78, 5) is 4.45. The van der Waals surface area contributed by atoms with Crippen LogP contribution in [-0.4, -0.2) is 32.3 Å². The van der Waals surface area contributed by atoms with Gasteiger partial charge in [0.1, 0.15) is 0 Å². The van der Waals surface area contributed by atoms with Crippen molar-refractivity contribution < 1.29 is 4.74 Å². The van der Waals surface area contributed by atoms with Gasteiger partial charge in [-0.2, -0.15) is 0 Å². The first-order valence-electron chi connectivity index (χ1n) is 7.64. The van der Waals surface area contributed by atoms with Gasteiger partial charge in [0.05, 0.1) is 6.54 Å². The zero-order chi connectivity index (χ0) is 15.7. The molecule has 0 amide bonds. The molecule has 118 valence electrons. The lowest BCUT2D eigenvalue weighted by atomic mass is 9.84. The highest BCUT2D eigenvalue weighted by Crippen LogP contribution is 2.23. The second-order valence-corrected chi connectivity index (χ2v) is 5.93. The number of nitrogens with zero attached hydrogens (tertiary/aromatic N) is 1. The molecule has 0 aliphatic heterocycles. The molecule has 4 nitrogen and oxygen atoms in total. The third kappa shape index (κ3) is 6.63. The van der Waals surface area contributed by atoms with Gasteiger partial charge in [-0.3, -0.25) is 4.99 Å². The summed E-state index contributed by atoms with van der Waals surface area (Å²) in [5.41, 5.74) is 8.42. The second kappa shape index (κ2) is 8.67. The largest absolute Gasteiger partial charge is 0.382 e. The standard InChI is InChI=1S/C17H29N3O/c1-5-21-12-6-11-19-16(18)20-13-17(3,4)15-9-7-14(2)8-10-15/h7-10H,5-6,11-13H2,1-4H3,(H3,18,19,20). The molecule has 0 aromatic heterocycles. The molecule has 0 radical (unpaired) electrons. The zero-order valence-corrected chi connectivity index (χ0v) is 13.8. The third-order valence-electron chi connectivity index (χ3n) is 3.45. The molecule has 4 heteroatoms. The second-order valence-electron chi connectivity index (χ2n) is 5.93. The fourth-order valence-corrected chi connectivity index (χ4v) is 1.97. The summed E-state index contributed by atoms with van der Waals surface area (Å²) in [6.45, 7) is 11.4. The van der Waals surface area contributed by atoms with Crippen LogP contribution in [0.15, 0.2) is 29.3 Å². The molecular weight excluding hydrogens is 262 g/mol. The summed E-state index contributed by atoms with van der Waals surface area (Å²) in [6.07, 6.45) is 0.936. The number of aryl methyl sites for hydroxylation is 1. The van der Waals surface area contributed by atoms with E-state index in [0.29, 0.717) is 12.5 Å². The van der Waals surface area contributed by atoms with E-state index in [1.165, 1.54) is 11.1 Å². The Labute approximate surface area is 128 Å². The van der Waals surface area contributed by atoms with E-state index in [-0.39, 0.29) is 5.41 Å². The van der Waals surface area contributed by atoms with Gasteiger partial charge < -0.3 is 15.8 Å². The number of ether oxygens (including phenoxy) is 1. The molecule has 0 heterocycles. The summed E-state index contributed by atoms with van der Waals surface area (Å²) in [7, 11) is 0. The molecule has 0 unspecified atom stereocenters. The van der Waals surface area contributed by atoms with E-state index in [2.05, 4.69) is 55.3 Å². The van der Waals surface area contributed by atoms with Gasteiger partial charge in [-0.15, -0.1) is 0 Å². The maximum absolute atomic E-state index is 5.90.